The van der Waals surface area contributed by atoms with Crippen molar-refractivity contribution in [2.45, 2.75) is 6.54 Å². The van der Waals surface area contributed by atoms with Gasteiger partial charge in [-0.25, -0.2) is 9.97 Å². The molecule has 1 aromatic carbocycles. The molecule has 2 aromatic heterocycles. The van der Waals surface area contributed by atoms with Crippen LogP contribution in [-0.4, -0.2) is 46.6 Å². The second-order valence-corrected chi connectivity index (χ2v) is 6.38. The van der Waals surface area contributed by atoms with E-state index < -0.39 is 0 Å². The highest BCUT2D eigenvalue weighted by molar-refractivity contribution is 5.90. The van der Waals surface area contributed by atoms with E-state index in [1.54, 1.807) is 30.5 Å². The zero-order valence-electron chi connectivity index (χ0n) is 15.2. The van der Waals surface area contributed by atoms with E-state index in [1.165, 1.54) is 10.9 Å². The van der Waals surface area contributed by atoms with Crippen molar-refractivity contribution in [3.05, 3.63) is 59.3 Å². The Morgan fingerprint density at radius 2 is 1.89 bits per heavy atom. The molecular formula is C19H21ClN6O2. The van der Waals surface area contributed by atoms with Gasteiger partial charge in [-0.3, -0.25) is 14.2 Å². The van der Waals surface area contributed by atoms with E-state index in [-0.39, 0.29) is 30.4 Å². The number of pyridine rings is 1. The first kappa shape index (κ1) is 19.8. The lowest BCUT2D eigenvalue weighted by Crippen LogP contribution is -2.43. The third kappa shape index (κ3) is 4.29. The topological polar surface area (TPSA) is 92.2 Å². The van der Waals surface area contributed by atoms with Crippen LogP contribution in [-0.2, 0) is 11.3 Å². The molecule has 0 bridgehead atoms. The van der Waals surface area contributed by atoms with Gasteiger partial charge in [-0.05, 0) is 24.3 Å². The molecule has 2 N–H and O–H groups in total. The van der Waals surface area contributed by atoms with Crippen LogP contribution in [0.25, 0.3) is 10.9 Å². The molecule has 1 aliphatic rings. The van der Waals surface area contributed by atoms with E-state index in [1.807, 2.05) is 12.1 Å². The minimum atomic E-state index is -0.323. The number of fused-ring (bicyclic) bond motifs is 1. The van der Waals surface area contributed by atoms with Crippen LogP contribution in [0.3, 0.4) is 0 Å². The third-order valence-electron chi connectivity index (χ3n) is 4.54. The summed E-state index contributed by atoms with van der Waals surface area (Å²) in [6.07, 6.45) is 3.15. The van der Waals surface area contributed by atoms with Crippen molar-refractivity contribution in [3.8, 4) is 0 Å². The van der Waals surface area contributed by atoms with Crippen LogP contribution in [0.4, 0.5) is 11.5 Å². The predicted octanol–water partition coefficient (Wildman–Crippen LogP) is 1.26. The molecule has 0 aliphatic carbocycles. The van der Waals surface area contributed by atoms with Gasteiger partial charge in [0.1, 0.15) is 12.4 Å². The molecule has 0 saturated carbocycles. The number of hydrogen-bond donors (Lipinski definition) is 2. The summed E-state index contributed by atoms with van der Waals surface area (Å²) in [5.74, 6) is 0.136. The summed E-state index contributed by atoms with van der Waals surface area (Å²) in [7, 11) is 0. The number of halogens is 1. The molecule has 28 heavy (non-hydrogen) atoms. The normalized spacial score (nSPS) is 13.8. The van der Waals surface area contributed by atoms with Gasteiger partial charge in [0.2, 0.25) is 5.91 Å². The highest BCUT2D eigenvalue weighted by atomic mass is 35.5. The van der Waals surface area contributed by atoms with E-state index in [4.69, 9.17) is 0 Å². The van der Waals surface area contributed by atoms with Gasteiger partial charge in [0.05, 0.1) is 29.1 Å². The Labute approximate surface area is 168 Å². The first-order valence-electron chi connectivity index (χ1n) is 8.86. The molecule has 9 heteroatoms. The molecule has 0 spiro atoms. The van der Waals surface area contributed by atoms with Crippen LogP contribution in [0, 0.1) is 0 Å². The molecule has 0 unspecified atom stereocenters. The quantitative estimate of drug-likeness (QED) is 0.685. The summed E-state index contributed by atoms with van der Waals surface area (Å²) >= 11 is 0. The molecule has 146 valence electrons. The zero-order chi connectivity index (χ0) is 18.6. The van der Waals surface area contributed by atoms with Crippen molar-refractivity contribution < 1.29 is 4.79 Å². The predicted molar refractivity (Wildman–Crippen MR) is 111 cm³/mol. The molecule has 3 aromatic rings. The number of rotatable bonds is 4. The van der Waals surface area contributed by atoms with Crippen LogP contribution < -0.4 is 21.1 Å². The van der Waals surface area contributed by atoms with Crippen molar-refractivity contribution in [1.29, 1.82) is 0 Å². The lowest BCUT2D eigenvalue weighted by molar-refractivity contribution is -0.116. The summed E-state index contributed by atoms with van der Waals surface area (Å²) in [6, 6.07) is 10.8. The second kappa shape index (κ2) is 8.81. The lowest BCUT2D eigenvalue weighted by Gasteiger charge is -2.29. The van der Waals surface area contributed by atoms with E-state index in [9.17, 15) is 9.59 Å². The Morgan fingerprint density at radius 1 is 1.11 bits per heavy atom. The standard InChI is InChI=1S/C19H20N6O2.ClH/c26-18(12-25-13-22-16-4-2-1-3-15(16)19(25)27)23-17-6-5-14(11-21-17)24-9-7-20-8-10-24;/h1-6,11,13,20H,7-10,12H2,(H,21,23,26);1H. The fraction of sp³-hybridized carbons (Fsp3) is 0.263. The molecule has 4 rings (SSSR count). The van der Waals surface area contributed by atoms with Gasteiger partial charge in [-0.15, -0.1) is 12.4 Å². The van der Waals surface area contributed by atoms with Crippen molar-refractivity contribution in [1.82, 2.24) is 19.9 Å². The Hall–Kier alpha value is -2.97. The van der Waals surface area contributed by atoms with E-state index >= 15 is 0 Å². The molecule has 8 nitrogen and oxygen atoms in total. The monoisotopic (exact) mass is 400 g/mol. The van der Waals surface area contributed by atoms with Crippen LogP contribution in [0.1, 0.15) is 0 Å². The van der Waals surface area contributed by atoms with Crippen LogP contribution in [0.2, 0.25) is 0 Å². The second-order valence-electron chi connectivity index (χ2n) is 6.38. The summed E-state index contributed by atoms with van der Waals surface area (Å²) in [5, 5.41) is 6.53. The molecule has 0 atom stereocenters. The molecule has 1 amide bonds. The lowest BCUT2D eigenvalue weighted by atomic mass is 10.2. The number of amides is 1. The summed E-state index contributed by atoms with van der Waals surface area (Å²) in [5.41, 5.74) is 1.41. The van der Waals surface area contributed by atoms with Gasteiger partial charge in [0.15, 0.2) is 0 Å². The summed E-state index contributed by atoms with van der Waals surface area (Å²) in [6.45, 7) is 3.66. The van der Waals surface area contributed by atoms with Crippen molar-refractivity contribution in [2.75, 3.05) is 36.4 Å². The number of benzene rings is 1. The Bertz CT molecular complexity index is 1010. The van der Waals surface area contributed by atoms with Gasteiger partial charge in [0, 0.05) is 26.2 Å². The van der Waals surface area contributed by atoms with Gasteiger partial charge in [-0.2, -0.15) is 0 Å². The summed E-state index contributed by atoms with van der Waals surface area (Å²) < 4.78 is 1.30. The number of nitrogens with zero attached hydrogens (tertiary/aromatic N) is 4. The number of nitrogens with one attached hydrogen (secondary N) is 2. The zero-order valence-corrected chi connectivity index (χ0v) is 16.0. The van der Waals surface area contributed by atoms with Gasteiger partial charge in [-0.1, -0.05) is 12.1 Å². The maximum atomic E-state index is 12.5. The van der Waals surface area contributed by atoms with Crippen molar-refractivity contribution in [2.24, 2.45) is 0 Å². The fourth-order valence-corrected chi connectivity index (χ4v) is 3.13. The molecule has 1 aliphatic heterocycles. The maximum absolute atomic E-state index is 12.5. The van der Waals surface area contributed by atoms with E-state index in [2.05, 4.69) is 25.5 Å². The number of para-hydroxylation sites is 1. The number of carbonyl (C=O) groups excluding carboxylic acids is 1. The Kier molecular flexibility index (Phi) is 6.23. The smallest absolute Gasteiger partial charge is 0.261 e. The number of carbonyl (C=O) groups is 1. The number of anilines is 2. The number of aromatic nitrogens is 3. The largest absolute Gasteiger partial charge is 0.368 e. The maximum Gasteiger partial charge on any atom is 0.261 e. The number of piperazine rings is 1. The van der Waals surface area contributed by atoms with E-state index in [0.29, 0.717) is 16.7 Å². The van der Waals surface area contributed by atoms with Gasteiger partial charge < -0.3 is 15.5 Å². The highest BCUT2D eigenvalue weighted by Crippen LogP contribution is 2.15. The average Bonchev–Trinajstić information content (AvgIpc) is 2.71. The van der Waals surface area contributed by atoms with E-state index in [0.717, 1.165) is 31.9 Å². The van der Waals surface area contributed by atoms with Crippen molar-refractivity contribution in [3.63, 3.8) is 0 Å². The van der Waals surface area contributed by atoms with Crippen LogP contribution >= 0.6 is 12.4 Å². The minimum absolute atomic E-state index is 0. The van der Waals surface area contributed by atoms with Crippen LogP contribution in [0.5, 0.6) is 0 Å². The minimum Gasteiger partial charge on any atom is -0.368 e. The molecular weight excluding hydrogens is 380 g/mol. The van der Waals surface area contributed by atoms with Crippen LogP contribution in [0.15, 0.2) is 53.7 Å². The first-order valence-corrected chi connectivity index (χ1v) is 8.86. The Morgan fingerprint density at radius 3 is 2.64 bits per heavy atom. The third-order valence-corrected chi connectivity index (χ3v) is 4.54. The Balaban J connectivity index is 0.00000225. The molecule has 0 radical (unpaired) electrons. The SMILES string of the molecule is Cl.O=C(Cn1cnc2ccccc2c1=O)Nc1ccc(N2CCNCC2)cn1. The van der Waals surface area contributed by atoms with Gasteiger partial charge in [0.25, 0.3) is 5.56 Å². The fourth-order valence-electron chi connectivity index (χ4n) is 3.13. The highest BCUT2D eigenvalue weighted by Gasteiger charge is 2.12. The molecule has 1 saturated heterocycles. The van der Waals surface area contributed by atoms with Gasteiger partial charge >= 0.3 is 0 Å². The number of hydrogen-bond acceptors (Lipinski definition) is 6. The average molecular weight is 401 g/mol. The molecule has 3 heterocycles. The summed E-state index contributed by atoms with van der Waals surface area (Å²) in [4.78, 5) is 35.5. The first-order chi connectivity index (χ1) is 13.2. The van der Waals surface area contributed by atoms with Crippen molar-refractivity contribution >= 4 is 40.7 Å². The molecule has 1 fully saturated rings.